The number of unbranched alkanes of at least 4 members (excludes halogenated alkanes) is 1. The van der Waals surface area contributed by atoms with Crippen molar-refractivity contribution in [3.63, 3.8) is 0 Å². The molecule has 1 fully saturated rings. The zero-order valence-corrected chi connectivity index (χ0v) is 10.3. The molecule has 0 amide bonds. The first-order valence-corrected chi connectivity index (χ1v) is 6.39. The van der Waals surface area contributed by atoms with E-state index in [1.807, 2.05) is 0 Å². The lowest BCUT2D eigenvalue weighted by atomic mass is 9.79. The fourth-order valence-corrected chi connectivity index (χ4v) is 2.35. The second-order valence-electron chi connectivity index (χ2n) is 4.81. The molecule has 0 bridgehead atoms. The lowest BCUT2D eigenvalue weighted by Gasteiger charge is -2.42. The van der Waals surface area contributed by atoms with Crippen LogP contribution in [0.1, 0.15) is 39.5 Å². The monoisotopic (exact) mass is 222 g/mol. The van der Waals surface area contributed by atoms with Gasteiger partial charge in [0.1, 0.15) is 0 Å². The van der Waals surface area contributed by atoms with Crippen LogP contribution >= 0.6 is 0 Å². The van der Waals surface area contributed by atoms with Crippen molar-refractivity contribution >= 4 is 0 Å². The van der Waals surface area contributed by atoms with Crippen LogP contribution < -0.4 is 0 Å². The number of hydrogen-bond acceptors (Lipinski definition) is 2. The van der Waals surface area contributed by atoms with Gasteiger partial charge >= 0.3 is 0 Å². The maximum Gasteiger partial charge on any atom is 0.158 e. The van der Waals surface area contributed by atoms with Gasteiger partial charge in [-0.3, -0.25) is 0 Å². The molecule has 2 aliphatic rings. The van der Waals surface area contributed by atoms with Crippen molar-refractivity contribution in [2.45, 2.75) is 51.9 Å². The van der Waals surface area contributed by atoms with E-state index in [1.165, 1.54) is 12.8 Å². The Bertz CT molecular complexity index is 268. The molecule has 2 nitrogen and oxygen atoms in total. The van der Waals surface area contributed by atoms with Gasteiger partial charge in [0.05, 0.1) is 18.1 Å². The van der Waals surface area contributed by atoms with Crippen LogP contribution in [-0.2, 0) is 9.47 Å². The standard InChI is InChI=1S/C14H22O2/c1-3-4-8-13-15-11-14(12(2)16-13)9-6-5-7-10-14/h6-7,9-10,12-13H,3-5,8,11H2,1-2H3/t12-,13+/m1/s1. The summed E-state index contributed by atoms with van der Waals surface area (Å²) < 4.78 is 11.8. The van der Waals surface area contributed by atoms with Gasteiger partial charge in [-0.25, -0.2) is 0 Å². The van der Waals surface area contributed by atoms with Gasteiger partial charge in [-0.05, 0) is 26.2 Å². The molecule has 0 aromatic heterocycles. The largest absolute Gasteiger partial charge is 0.351 e. The summed E-state index contributed by atoms with van der Waals surface area (Å²) >= 11 is 0. The van der Waals surface area contributed by atoms with Gasteiger partial charge in [0.15, 0.2) is 6.29 Å². The molecule has 0 N–H and O–H groups in total. The van der Waals surface area contributed by atoms with E-state index in [4.69, 9.17) is 9.47 Å². The van der Waals surface area contributed by atoms with Gasteiger partial charge in [-0.2, -0.15) is 0 Å². The molecule has 1 spiro atoms. The van der Waals surface area contributed by atoms with E-state index in [9.17, 15) is 0 Å². The van der Waals surface area contributed by atoms with Crippen molar-refractivity contribution < 1.29 is 9.47 Å². The van der Waals surface area contributed by atoms with E-state index >= 15 is 0 Å². The van der Waals surface area contributed by atoms with Gasteiger partial charge in [0.2, 0.25) is 0 Å². The molecule has 0 aromatic carbocycles. The van der Waals surface area contributed by atoms with Crippen LogP contribution in [-0.4, -0.2) is 19.0 Å². The molecule has 90 valence electrons. The fraction of sp³-hybridized carbons (Fsp3) is 0.714. The van der Waals surface area contributed by atoms with E-state index in [0.717, 1.165) is 19.4 Å². The second kappa shape index (κ2) is 5.15. The van der Waals surface area contributed by atoms with Gasteiger partial charge < -0.3 is 9.47 Å². The Balaban J connectivity index is 1.94. The number of hydrogen-bond donors (Lipinski definition) is 0. The Kier molecular flexibility index (Phi) is 3.82. The molecule has 0 unspecified atom stereocenters. The molecule has 2 atom stereocenters. The topological polar surface area (TPSA) is 18.5 Å². The molecule has 2 heteroatoms. The minimum atomic E-state index is -0.0129. The molecular weight excluding hydrogens is 200 g/mol. The van der Waals surface area contributed by atoms with Crippen molar-refractivity contribution in [1.82, 2.24) is 0 Å². The Hall–Kier alpha value is -0.600. The van der Waals surface area contributed by atoms with Crippen LogP contribution in [0.5, 0.6) is 0 Å². The Labute approximate surface area is 98.3 Å². The first-order chi connectivity index (χ1) is 7.77. The third-order valence-corrected chi connectivity index (χ3v) is 3.55. The average Bonchev–Trinajstić information content (AvgIpc) is 2.32. The van der Waals surface area contributed by atoms with Crippen molar-refractivity contribution in [3.8, 4) is 0 Å². The third-order valence-electron chi connectivity index (χ3n) is 3.55. The molecule has 16 heavy (non-hydrogen) atoms. The number of ether oxygens (including phenoxy) is 2. The highest BCUT2D eigenvalue weighted by Crippen LogP contribution is 2.37. The summed E-state index contributed by atoms with van der Waals surface area (Å²) in [5, 5.41) is 0. The summed E-state index contributed by atoms with van der Waals surface area (Å²) in [5.41, 5.74) is -0.0129. The maximum atomic E-state index is 5.96. The van der Waals surface area contributed by atoms with Crippen molar-refractivity contribution in [2.24, 2.45) is 5.41 Å². The molecule has 0 saturated carbocycles. The van der Waals surface area contributed by atoms with E-state index in [0.29, 0.717) is 0 Å². The molecule has 0 aromatic rings. The van der Waals surface area contributed by atoms with E-state index < -0.39 is 0 Å². The summed E-state index contributed by atoms with van der Waals surface area (Å²) in [6, 6.07) is 0. The van der Waals surface area contributed by atoms with E-state index in [2.05, 4.69) is 38.2 Å². The summed E-state index contributed by atoms with van der Waals surface area (Å²) in [4.78, 5) is 0. The third kappa shape index (κ3) is 2.38. The van der Waals surface area contributed by atoms with Crippen LogP contribution in [0.15, 0.2) is 24.3 Å². The molecule has 1 heterocycles. The van der Waals surface area contributed by atoms with Crippen molar-refractivity contribution in [1.29, 1.82) is 0 Å². The lowest BCUT2D eigenvalue weighted by Crippen LogP contribution is -2.46. The van der Waals surface area contributed by atoms with Crippen LogP contribution in [0.2, 0.25) is 0 Å². The Morgan fingerprint density at radius 3 is 2.69 bits per heavy atom. The summed E-state index contributed by atoms with van der Waals surface area (Å²) in [6.45, 7) is 5.11. The average molecular weight is 222 g/mol. The molecule has 1 saturated heterocycles. The molecular formula is C14H22O2. The van der Waals surface area contributed by atoms with Gasteiger partial charge in [-0.1, -0.05) is 37.6 Å². The highest BCUT2D eigenvalue weighted by Gasteiger charge is 2.39. The lowest BCUT2D eigenvalue weighted by molar-refractivity contribution is -0.243. The predicted molar refractivity (Wildman–Crippen MR) is 65.1 cm³/mol. The van der Waals surface area contributed by atoms with Crippen LogP contribution in [0.25, 0.3) is 0 Å². The molecule has 1 aliphatic carbocycles. The van der Waals surface area contributed by atoms with Crippen molar-refractivity contribution in [3.05, 3.63) is 24.3 Å². The summed E-state index contributed by atoms with van der Waals surface area (Å²) in [5.74, 6) is 0. The highest BCUT2D eigenvalue weighted by molar-refractivity contribution is 5.20. The van der Waals surface area contributed by atoms with Gasteiger partial charge in [0.25, 0.3) is 0 Å². The van der Waals surface area contributed by atoms with Gasteiger partial charge in [-0.15, -0.1) is 0 Å². The van der Waals surface area contributed by atoms with E-state index in [-0.39, 0.29) is 17.8 Å². The fourth-order valence-electron chi connectivity index (χ4n) is 2.35. The quantitative estimate of drug-likeness (QED) is 0.681. The zero-order chi connectivity index (χ0) is 11.4. The minimum Gasteiger partial charge on any atom is -0.351 e. The SMILES string of the molecule is CCCC[C@H]1OCC2(C=CCC=C2)[C@@H](C)O1. The first-order valence-electron chi connectivity index (χ1n) is 6.39. The van der Waals surface area contributed by atoms with Gasteiger partial charge in [0, 0.05) is 0 Å². The second-order valence-corrected chi connectivity index (χ2v) is 4.81. The minimum absolute atomic E-state index is 0.00398. The normalized spacial score (nSPS) is 32.1. The molecule has 2 rings (SSSR count). The number of rotatable bonds is 3. The van der Waals surface area contributed by atoms with Crippen LogP contribution in [0, 0.1) is 5.41 Å². The van der Waals surface area contributed by atoms with E-state index in [1.54, 1.807) is 0 Å². The smallest absolute Gasteiger partial charge is 0.158 e. The maximum absolute atomic E-state index is 5.96. The first kappa shape index (κ1) is 11.9. The summed E-state index contributed by atoms with van der Waals surface area (Å²) in [6.07, 6.45) is 13.5. The highest BCUT2D eigenvalue weighted by atomic mass is 16.7. The predicted octanol–water partition coefficient (Wildman–Crippen LogP) is 3.44. The Morgan fingerprint density at radius 2 is 2.06 bits per heavy atom. The summed E-state index contributed by atoms with van der Waals surface area (Å²) in [7, 11) is 0. The van der Waals surface area contributed by atoms with Crippen LogP contribution in [0.3, 0.4) is 0 Å². The van der Waals surface area contributed by atoms with Crippen LogP contribution in [0.4, 0.5) is 0 Å². The number of allylic oxidation sites excluding steroid dienone is 2. The molecule has 1 aliphatic heterocycles. The Morgan fingerprint density at radius 1 is 1.31 bits per heavy atom. The zero-order valence-electron chi connectivity index (χ0n) is 10.3. The van der Waals surface area contributed by atoms with Crippen molar-refractivity contribution in [2.75, 3.05) is 6.61 Å². The molecule has 0 radical (unpaired) electrons.